The lowest BCUT2D eigenvalue weighted by Crippen LogP contribution is -2.22. The second-order valence-corrected chi connectivity index (χ2v) is 6.73. The number of carbonyl (C=O) groups excluding carboxylic acids is 1. The Morgan fingerprint density at radius 3 is 2.60 bits per heavy atom. The van der Waals surface area contributed by atoms with Crippen molar-refractivity contribution in [3.05, 3.63) is 18.0 Å². The molecule has 1 rings (SSSR count). The molecule has 0 spiro atoms. The maximum Gasteiger partial charge on any atom is 0.355 e. The fourth-order valence-electron chi connectivity index (χ4n) is 1.61. The second kappa shape index (κ2) is 7.10. The minimum absolute atomic E-state index is 0.120. The van der Waals surface area contributed by atoms with Gasteiger partial charge in [-0.05, 0) is 26.8 Å². The van der Waals surface area contributed by atoms with E-state index in [-0.39, 0.29) is 17.2 Å². The van der Waals surface area contributed by atoms with Gasteiger partial charge in [-0.15, -0.1) is 0 Å². The lowest BCUT2D eigenvalue weighted by Gasteiger charge is -2.13. The highest BCUT2D eigenvalue weighted by Gasteiger charge is 2.21. The molecule has 1 aromatic rings. The number of nitrogens with zero attached hydrogens (tertiary/aromatic N) is 1. The lowest BCUT2D eigenvalue weighted by molar-refractivity contribution is 0.00348. The Labute approximate surface area is 123 Å². The molecule has 0 radical (unpaired) electrons. The molecule has 1 unspecified atom stereocenters. The Hall–Kier alpha value is -1.05. The molecule has 0 fully saturated rings. The topological polar surface area (TPSA) is 74.6 Å². The van der Waals surface area contributed by atoms with Crippen LogP contribution in [-0.2, 0) is 25.1 Å². The molecule has 0 N–H and O–H groups in total. The third-order valence-electron chi connectivity index (χ3n) is 2.57. The van der Waals surface area contributed by atoms with Gasteiger partial charge in [0, 0.05) is 30.0 Å². The summed E-state index contributed by atoms with van der Waals surface area (Å²) < 4.78 is 34.4. The monoisotopic (exact) mass is 323 g/mol. The van der Waals surface area contributed by atoms with Gasteiger partial charge in [-0.3, -0.25) is 0 Å². The summed E-state index contributed by atoms with van der Waals surface area (Å²) >= 11 is 0. The molecular formula is C12H18ClNO5S. The Balaban J connectivity index is 2.90. The molecule has 20 heavy (non-hydrogen) atoms. The minimum Gasteiger partial charge on any atom is -0.456 e. The quantitative estimate of drug-likeness (QED) is 0.567. The summed E-state index contributed by atoms with van der Waals surface area (Å²) in [5.41, 5.74) is 0.148. The van der Waals surface area contributed by atoms with E-state index in [2.05, 4.69) is 0 Å². The Morgan fingerprint density at radius 1 is 1.45 bits per heavy atom. The van der Waals surface area contributed by atoms with Crippen molar-refractivity contribution >= 4 is 25.7 Å². The summed E-state index contributed by atoms with van der Waals surface area (Å²) in [6, 6.07) is 1.21. The van der Waals surface area contributed by atoms with Crippen LogP contribution < -0.4 is 0 Å². The Kier molecular flexibility index (Phi) is 6.04. The Bertz CT molecular complexity index is 566. The van der Waals surface area contributed by atoms with Crippen molar-refractivity contribution in [2.24, 2.45) is 0 Å². The van der Waals surface area contributed by atoms with Crippen molar-refractivity contribution < 1.29 is 22.7 Å². The SMILES string of the molecule is CCOCC(C)OC(=O)c1cc(S(=O)(=O)Cl)cn1CC. The predicted octanol–water partition coefficient (Wildman–Crippen LogP) is 2.02. The highest BCUT2D eigenvalue weighted by Crippen LogP contribution is 2.19. The van der Waals surface area contributed by atoms with Crippen molar-refractivity contribution in [2.45, 2.75) is 38.3 Å². The summed E-state index contributed by atoms with van der Waals surface area (Å²) in [4.78, 5) is 11.9. The van der Waals surface area contributed by atoms with E-state index in [1.807, 2.05) is 6.92 Å². The first-order valence-corrected chi connectivity index (χ1v) is 8.54. The third-order valence-corrected chi connectivity index (χ3v) is 3.89. The average Bonchev–Trinajstić information content (AvgIpc) is 2.80. The van der Waals surface area contributed by atoms with Gasteiger partial charge in [0.25, 0.3) is 9.05 Å². The molecule has 8 heteroatoms. The minimum atomic E-state index is -3.87. The standard InChI is InChI=1S/C12H18ClNO5S/c1-4-14-7-10(20(13,16)17)6-11(14)12(15)19-9(3)8-18-5-2/h6-7,9H,4-5,8H2,1-3H3. The number of rotatable bonds is 7. The van der Waals surface area contributed by atoms with Crippen LogP contribution in [0.3, 0.4) is 0 Å². The van der Waals surface area contributed by atoms with E-state index in [4.69, 9.17) is 20.2 Å². The van der Waals surface area contributed by atoms with Crippen molar-refractivity contribution in [1.29, 1.82) is 0 Å². The first kappa shape index (κ1) is 17.0. The molecule has 0 bridgehead atoms. The van der Waals surface area contributed by atoms with Gasteiger partial charge in [-0.2, -0.15) is 0 Å². The fraction of sp³-hybridized carbons (Fsp3) is 0.583. The van der Waals surface area contributed by atoms with E-state index >= 15 is 0 Å². The van der Waals surface area contributed by atoms with Gasteiger partial charge in [-0.1, -0.05) is 0 Å². The molecule has 0 aliphatic carbocycles. The largest absolute Gasteiger partial charge is 0.456 e. The normalized spacial score (nSPS) is 13.2. The van der Waals surface area contributed by atoms with Crippen LogP contribution in [0.25, 0.3) is 0 Å². The summed E-state index contributed by atoms with van der Waals surface area (Å²) in [5.74, 6) is -0.606. The van der Waals surface area contributed by atoms with Crippen LogP contribution in [0.1, 0.15) is 31.3 Å². The molecule has 1 heterocycles. The number of halogens is 1. The highest BCUT2D eigenvalue weighted by atomic mass is 35.7. The van der Waals surface area contributed by atoms with Gasteiger partial charge in [0.05, 0.1) is 6.61 Å². The number of esters is 1. The zero-order chi connectivity index (χ0) is 15.3. The first-order valence-electron chi connectivity index (χ1n) is 6.23. The van der Waals surface area contributed by atoms with Crippen LogP contribution in [0.15, 0.2) is 17.2 Å². The molecule has 0 amide bonds. The van der Waals surface area contributed by atoms with Crippen LogP contribution in [0.5, 0.6) is 0 Å². The maximum atomic E-state index is 12.0. The number of ether oxygens (including phenoxy) is 2. The van der Waals surface area contributed by atoms with Gasteiger partial charge in [0.1, 0.15) is 16.7 Å². The lowest BCUT2D eigenvalue weighted by atomic mass is 10.4. The summed E-state index contributed by atoms with van der Waals surface area (Å²) in [5, 5.41) is 0. The molecule has 114 valence electrons. The molecule has 0 aliphatic heterocycles. The van der Waals surface area contributed by atoms with Gasteiger partial charge in [0.15, 0.2) is 0 Å². The van der Waals surface area contributed by atoms with Crippen molar-refractivity contribution in [3.8, 4) is 0 Å². The molecule has 6 nitrogen and oxygen atoms in total. The highest BCUT2D eigenvalue weighted by molar-refractivity contribution is 8.13. The van der Waals surface area contributed by atoms with Crippen LogP contribution in [0, 0.1) is 0 Å². The third kappa shape index (κ3) is 4.50. The van der Waals surface area contributed by atoms with Gasteiger partial charge < -0.3 is 14.0 Å². The van der Waals surface area contributed by atoms with E-state index in [9.17, 15) is 13.2 Å². The van der Waals surface area contributed by atoms with E-state index in [0.717, 1.165) is 0 Å². The van der Waals surface area contributed by atoms with Crippen molar-refractivity contribution in [2.75, 3.05) is 13.2 Å². The van der Waals surface area contributed by atoms with Crippen LogP contribution in [0.2, 0.25) is 0 Å². The first-order chi connectivity index (χ1) is 9.29. The molecule has 0 aromatic carbocycles. The molecule has 1 aromatic heterocycles. The van der Waals surface area contributed by atoms with Crippen LogP contribution in [0.4, 0.5) is 0 Å². The van der Waals surface area contributed by atoms with E-state index in [0.29, 0.717) is 13.2 Å². The maximum absolute atomic E-state index is 12.0. The van der Waals surface area contributed by atoms with Crippen LogP contribution >= 0.6 is 10.7 Å². The molecule has 1 atom stereocenters. The molecule has 0 aliphatic rings. The van der Waals surface area contributed by atoms with E-state index in [1.165, 1.54) is 16.8 Å². The predicted molar refractivity (Wildman–Crippen MR) is 74.5 cm³/mol. The number of hydrogen-bond acceptors (Lipinski definition) is 5. The number of aryl methyl sites for hydroxylation is 1. The van der Waals surface area contributed by atoms with Crippen molar-refractivity contribution in [3.63, 3.8) is 0 Å². The zero-order valence-corrected chi connectivity index (χ0v) is 13.2. The smallest absolute Gasteiger partial charge is 0.355 e. The molecular weight excluding hydrogens is 306 g/mol. The van der Waals surface area contributed by atoms with E-state index < -0.39 is 21.1 Å². The average molecular weight is 324 g/mol. The Morgan fingerprint density at radius 2 is 2.10 bits per heavy atom. The van der Waals surface area contributed by atoms with Gasteiger partial charge >= 0.3 is 5.97 Å². The number of hydrogen-bond donors (Lipinski definition) is 0. The fourth-order valence-corrected chi connectivity index (χ4v) is 2.37. The van der Waals surface area contributed by atoms with Gasteiger partial charge in [-0.25, -0.2) is 13.2 Å². The second-order valence-electron chi connectivity index (χ2n) is 4.16. The zero-order valence-electron chi connectivity index (χ0n) is 11.6. The summed E-state index contributed by atoms with van der Waals surface area (Å²) in [6.45, 7) is 6.57. The van der Waals surface area contributed by atoms with Crippen molar-refractivity contribution in [1.82, 2.24) is 4.57 Å². The molecule has 0 saturated heterocycles. The van der Waals surface area contributed by atoms with Crippen LogP contribution in [-0.4, -0.2) is 38.3 Å². The number of carbonyl (C=O) groups is 1. The summed E-state index contributed by atoms with van der Waals surface area (Å²) in [7, 11) is 1.39. The number of aromatic nitrogens is 1. The van der Waals surface area contributed by atoms with Gasteiger partial charge in [0.2, 0.25) is 0 Å². The molecule has 0 saturated carbocycles. The summed E-state index contributed by atoms with van der Waals surface area (Å²) in [6.07, 6.45) is 0.894. The van der Waals surface area contributed by atoms with E-state index in [1.54, 1.807) is 13.8 Å².